The number of hydrogen-bond acceptors (Lipinski definition) is 4. The lowest BCUT2D eigenvalue weighted by Gasteiger charge is -2.08. The lowest BCUT2D eigenvalue weighted by atomic mass is 10.0. The largest absolute Gasteiger partial charge is 0.439 e. The molecule has 19 heavy (non-hydrogen) atoms. The van der Waals surface area contributed by atoms with Crippen LogP contribution in [0, 0.1) is 0 Å². The van der Waals surface area contributed by atoms with Crippen LogP contribution in [0.3, 0.4) is 0 Å². The van der Waals surface area contributed by atoms with E-state index in [1.165, 1.54) is 17.3 Å². The number of thioether (sulfide) groups is 1. The second-order valence-electron chi connectivity index (χ2n) is 4.34. The van der Waals surface area contributed by atoms with E-state index in [-0.39, 0.29) is 0 Å². The van der Waals surface area contributed by atoms with Crippen LogP contribution in [0.4, 0.5) is 0 Å². The molecule has 0 aliphatic rings. The fourth-order valence-corrected chi connectivity index (χ4v) is 2.16. The Morgan fingerprint density at radius 1 is 1.16 bits per heavy atom. The summed E-state index contributed by atoms with van der Waals surface area (Å²) >= 11 is 7.34. The summed E-state index contributed by atoms with van der Waals surface area (Å²) in [6.07, 6.45) is 1.90. The van der Waals surface area contributed by atoms with Gasteiger partial charge in [-0.25, -0.2) is 4.98 Å². The molecule has 0 aliphatic heterocycles. The average Bonchev–Trinajstić information content (AvgIpc) is 2.38. The molecular weight excluding hydrogens is 280 g/mol. The second kappa shape index (κ2) is 6.26. The predicted molar refractivity (Wildman–Crippen MR) is 79.4 cm³/mol. The monoisotopic (exact) mass is 294 g/mol. The van der Waals surface area contributed by atoms with Gasteiger partial charge in [-0.3, -0.25) is 0 Å². The molecule has 0 saturated carbocycles. The molecule has 100 valence electrons. The van der Waals surface area contributed by atoms with Gasteiger partial charge in [-0.2, -0.15) is 4.98 Å². The van der Waals surface area contributed by atoms with Gasteiger partial charge in [-0.05, 0) is 29.9 Å². The fourth-order valence-electron chi connectivity index (χ4n) is 1.56. The van der Waals surface area contributed by atoms with Crippen LogP contribution >= 0.6 is 23.4 Å². The summed E-state index contributed by atoms with van der Waals surface area (Å²) in [4.78, 5) is 8.32. The third-order valence-electron chi connectivity index (χ3n) is 2.60. The molecule has 0 atom stereocenters. The molecule has 1 aromatic heterocycles. The van der Waals surface area contributed by atoms with Gasteiger partial charge in [0.05, 0.1) is 0 Å². The number of aromatic nitrogens is 2. The molecule has 0 amide bonds. The van der Waals surface area contributed by atoms with Crippen molar-refractivity contribution in [1.29, 1.82) is 0 Å². The van der Waals surface area contributed by atoms with E-state index in [9.17, 15) is 0 Å². The molecule has 1 heterocycles. The quantitative estimate of drug-likeness (QED) is 0.462. The average molecular weight is 295 g/mol. The fraction of sp³-hybridized carbons (Fsp3) is 0.286. The Morgan fingerprint density at radius 2 is 1.84 bits per heavy atom. The maximum Gasteiger partial charge on any atom is 0.224 e. The zero-order valence-electron chi connectivity index (χ0n) is 11.1. The van der Waals surface area contributed by atoms with Crippen LogP contribution in [-0.4, -0.2) is 16.2 Å². The maximum atomic E-state index is 5.92. The van der Waals surface area contributed by atoms with Gasteiger partial charge in [0.1, 0.15) is 10.9 Å². The number of hydrogen-bond donors (Lipinski definition) is 0. The molecule has 0 unspecified atom stereocenters. The summed E-state index contributed by atoms with van der Waals surface area (Å²) in [7, 11) is 0. The molecule has 0 radical (unpaired) electrons. The Hall–Kier alpha value is -1.26. The van der Waals surface area contributed by atoms with Crippen molar-refractivity contribution >= 4 is 23.4 Å². The van der Waals surface area contributed by atoms with Crippen molar-refractivity contribution in [3.8, 4) is 11.6 Å². The van der Waals surface area contributed by atoms with Gasteiger partial charge in [0.25, 0.3) is 0 Å². The smallest absolute Gasteiger partial charge is 0.224 e. The highest BCUT2D eigenvalue weighted by Crippen LogP contribution is 2.25. The van der Waals surface area contributed by atoms with Crippen molar-refractivity contribution in [2.45, 2.75) is 24.9 Å². The van der Waals surface area contributed by atoms with Crippen LogP contribution in [0.15, 0.2) is 35.5 Å². The summed E-state index contributed by atoms with van der Waals surface area (Å²) in [5, 5.41) is 0.981. The van der Waals surface area contributed by atoms with E-state index in [0.29, 0.717) is 22.1 Å². The molecule has 3 nitrogen and oxygen atoms in total. The minimum absolute atomic E-state index is 0.383. The van der Waals surface area contributed by atoms with Crippen molar-refractivity contribution in [2.75, 3.05) is 6.26 Å². The van der Waals surface area contributed by atoms with Gasteiger partial charge in [-0.15, -0.1) is 0 Å². The second-order valence-corrected chi connectivity index (χ2v) is 5.50. The predicted octanol–water partition coefficient (Wildman–Crippen LogP) is 4.77. The Balaban J connectivity index is 2.18. The van der Waals surface area contributed by atoms with E-state index in [2.05, 4.69) is 35.9 Å². The van der Waals surface area contributed by atoms with Crippen LogP contribution < -0.4 is 4.74 Å². The molecular formula is C14H15ClN2OS. The summed E-state index contributed by atoms with van der Waals surface area (Å²) in [6, 6.07) is 9.59. The van der Waals surface area contributed by atoms with Gasteiger partial charge in [-0.1, -0.05) is 49.3 Å². The number of rotatable bonds is 4. The lowest BCUT2D eigenvalue weighted by molar-refractivity contribution is 0.455. The van der Waals surface area contributed by atoms with Gasteiger partial charge in [0, 0.05) is 6.07 Å². The summed E-state index contributed by atoms with van der Waals surface area (Å²) < 4.78 is 5.69. The van der Waals surface area contributed by atoms with Crippen molar-refractivity contribution in [2.24, 2.45) is 0 Å². The molecule has 0 bridgehead atoms. The minimum Gasteiger partial charge on any atom is -0.439 e. The van der Waals surface area contributed by atoms with Crippen LogP contribution in [-0.2, 0) is 0 Å². The van der Waals surface area contributed by atoms with E-state index in [1.807, 2.05) is 18.4 Å². The topological polar surface area (TPSA) is 35.0 Å². The Bertz CT molecular complexity index is 558. The van der Waals surface area contributed by atoms with E-state index < -0.39 is 0 Å². The Labute approximate surface area is 122 Å². The lowest BCUT2D eigenvalue weighted by Crippen LogP contribution is -1.93. The molecule has 0 fully saturated rings. The minimum atomic E-state index is 0.383. The van der Waals surface area contributed by atoms with Crippen molar-refractivity contribution in [3.63, 3.8) is 0 Å². The van der Waals surface area contributed by atoms with E-state index in [0.717, 1.165) is 5.75 Å². The highest BCUT2D eigenvalue weighted by atomic mass is 35.5. The van der Waals surface area contributed by atoms with Gasteiger partial charge in [0.15, 0.2) is 5.16 Å². The molecule has 0 saturated heterocycles. The van der Waals surface area contributed by atoms with Gasteiger partial charge < -0.3 is 4.74 Å². The highest BCUT2D eigenvalue weighted by molar-refractivity contribution is 7.98. The van der Waals surface area contributed by atoms with E-state index in [4.69, 9.17) is 16.3 Å². The van der Waals surface area contributed by atoms with Gasteiger partial charge >= 0.3 is 0 Å². The summed E-state index contributed by atoms with van der Waals surface area (Å²) in [5.74, 6) is 1.71. The highest BCUT2D eigenvalue weighted by Gasteiger charge is 2.05. The third-order valence-corrected chi connectivity index (χ3v) is 3.34. The molecule has 0 aliphatic carbocycles. The third kappa shape index (κ3) is 3.85. The SMILES string of the molecule is CSc1nc(Cl)cc(Oc2ccc(C(C)C)cc2)n1. The van der Waals surface area contributed by atoms with Crippen LogP contribution in [0.1, 0.15) is 25.3 Å². The molecule has 1 aromatic carbocycles. The van der Waals surface area contributed by atoms with E-state index in [1.54, 1.807) is 6.07 Å². The van der Waals surface area contributed by atoms with Crippen molar-refractivity contribution in [3.05, 3.63) is 41.0 Å². The summed E-state index contributed by atoms with van der Waals surface area (Å²) in [6.45, 7) is 4.32. The zero-order chi connectivity index (χ0) is 13.8. The normalized spacial score (nSPS) is 10.8. The number of ether oxygens (including phenoxy) is 1. The van der Waals surface area contributed by atoms with Crippen molar-refractivity contribution in [1.82, 2.24) is 9.97 Å². The number of halogens is 1. The van der Waals surface area contributed by atoms with E-state index >= 15 is 0 Å². The Morgan fingerprint density at radius 3 is 2.42 bits per heavy atom. The molecule has 5 heteroatoms. The standard InChI is InChI=1S/C14H15ClN2OS/c1-9(2)10-4-6-11(7-5-10)18-13-8-12(15)16-14(17-13)19-3/h4-9H,1-3H3. The number of benzene rings is 1. The molecule has 0 spiro atoms. The first-order chi connectivity index (χ1) is 9.08. The molecule has 2 aromatic rings. The molecule has 2 rings (SSSR count). The first-order valence-corrected chi connectivity index (χ1v) is 7.55. The zero-order valence-corrected chi connectivity index (χ0v) is 12.6. The maximum absolute atomic E-state index is 5.92. The molecule has 0 N–H and O–H groups in total. The first kappa shape index (κ1) is 14.2. The Kier molecular flexibility index (Phi) is 4.66. The number of nitrogens with zero attached hydrogens (tertiary/aromatic N) is 2. The van der Waals surface area contributed by atoms with Crippen LogP contribution in [0.2, 0.25) is 5.15 Å². The van der Waals surface area contributed by atoms with Crippen LogP contribution in [0.25, 0.3) is 0 Å². The summed E-state index contributed by atoms with van der Waals surface area (Å²) in [5.41, 5.74) is 1.28. The van der Waals surface area contributed by atoms with Crippen LogP contribution in [0.5, 0.6) is 11.6 Å². The van der Waals surface area contributed by atoms with Crippen molar-refractivity contribution < 1.29 is 4.74 Å². The first-order valence-electron chi connectivity index (χ1n) is 5.95. The van der Waals surface area contributed by atoms with Gasteiger partial charge in [0.2, 0.25) is 5.88 Å².